The maximum Gasteiger partial charge on any atom is 0.269 e. The molecule has 1 aromatic rings. The van der Waals surface area contributed by atoms with Gasteiger partial charge in [0, 0.05) is 24.6 Å². The Morgan fingerprint density at radius 3 is 2.33 bits per heavy atom. The van der Waals surface area contributed by atoms with Crippen molar-refractivity contribution in [2.75, 3.05) is 6.61 Å². The average Bonchev–Trinajstić information content (AvgIpc) is 2.35. The summed E-state index contributed by atoms with van der Waals surface area (Å²) >= 11 is 0. The molecule has 0 heterocycles. The molecule has 0 bridgehead atoms. The van der Waals surface area contributed by atoms with E-state index in [9.17, 15) is 19.7 Å². The number of aliphatic hydroxyl groups is 1. The predicted molar refractivity (Wildman–Crippen MR) is 62.1 cm³/mol. The van der Waals surface area contributed by atoms with Gasteiger partial charge in [0.15, 0.2) is 5.78 Å². The van der Waals surface area contributed by atoms with Gasteiger partial charge in [-0.25, -0.2) is 0 Å². The molecule has 2 N–H and O–H groups in total. The van der Waals surface area contributed by atoms with Crippen molar-refractivity contribution in [3.8, 4) is 0 Å². The number of aliphatic hydroxyl groups excluding tert-OH is 1. The van der Waals surface area contributed by atoms with Crippen molar-refractivity contribution in [2.24, 2.45) is 0 Å². The largest absolute Gasteiger partial charge is 0.394 e. The van der Waals surface area contributed by atoms with Crippen LogP contribution in [0.25, 0.3) is 0 Å². The molecule has 1 unspecified atom stereocenters. The fraction of sp³-hybridized carbons (Fsp3) is 0.273. The molecule has 0 aliphatic rings. The standard InChI is InChI=1S/C11H12N2O5/c1-7(15)12-10(6-14)11(16)8-2-4-9(5-3-8)13(17)18/h2-5,10,14H,6H2,1H3,(H,12,15). The van der Waals surface area contributed by atoms with Crippen molar-refractivity contribution >= 4 is 17.4 Å². The molecule has 1 rings (SSSR count). The molecular weight excluding hydrogens is 240 g/mol. The highest BCUT2D eigenvalue weighted by atomic mass is 16.6. The highest BCUT2D eigenvalue weighted by molar-refractivity contribution is 6.02. The van der Waals surface area contributed by atoms with E-state index in [2.05, 4.69) is 5.32 Å². The van der Waals surface area contributed by atoms with Crippen molar-refractivity contribution in [2.45, 2.75) is 13.0 Å². The molecule has 0 saturated heterocycles. The van der Waals surface area contributed by atoms with Gasteiger partial charge in [-0.3, -0.25) is 19.7 Å². The summed E-state index contributed by atoms with van der Waals surface area (Å²) in [5.74, 6) is -0.938. The lowest BCUT2D eigenvalue weighted by Crippen LogP contribution is -2.42. The van der Waals surface area contributed by atoms with E-state index in [0.29, 0.717) is 0 Å². The highest BCUT2D eigenvalue weighted by Crippen LogP contribution is 2.13. The van der Waals surface area contributed by atoms with Crippen molar-refractivity contribution in [3.63, 3.8) is 0 Å². The number of amides is 1. The Morgan fingerprint density at radius 1 is 1.39 bits per heavy atom. The second kappa shape index (κ2) is 5.87. The van der Waals surface area contributed by atoms with Crippen molar-refractivity contribution in [1.29, 1.82) is 0 Å². The van der Waals surface area contributed by atoms with E-state index in [1.165, 1.54) is 31.2 Å². The zero-order valence-electron chi connectivity index (χ0n) is 9.62. The lowest BCUT2D eigenvalue weighted by Gasteiger charge is -2.13. The number of carbonyl (C=O) groups is 2. The molecule has 96 valence electrons. The molecule has 0 spiro atoms. The number of nitrogens with zero attached hydrogens (tertiary/aromatic N) is 1. The van der Waals surface area contributed by atoms with Gasteiger partial charge in [-0.05, 0) is 12.1 Å². The Balaban J connectivity index is 2.88. The minimum Gasteiger partial charge on any atom is -0.394 e. The normalized spacial score (nSPS) is 11.7. The first kappa shape index (κ1) is 13.8. The summed E-state index contributed by atoms with van der Waals surface area (Å²) in [4.78, 5) is 32.5. The van der Waals surface area contributed by atoms with Gasteiger partial charge in [0.2, 0.25) is 5.91 Å². The summed E-state index contributed by atoms with van der Waals surface area (Å²) in [7, 11) is 0. The first-order chi connectivity index (χ1) is 8.45. The number of nitro groups is 1. The molecular formula is C11H12N2O5. The third kappa shape index (κ3) is 3.36. The summed E-state index contributed by atoms with van der Waals surface area (Å²) in [5, 5.41) is 21.7. The summed E-state index contributed by atoms with van der Waals surface area (Å²) in [6.07, 6.45) is 0. The van der Waals surface area contributed by atoms with Gasteiger partial charge in [-0.15, -0.1) is 0 Å². The minimum absolute atomic E-state index is 0.133. The average molecular weight is 252 g/mol. The molecule has 0 aliphatic carbocycles. The number of rotatable bonds is 5. The number of carbonyl (C=O) groups excluding carboxylic acids is 2. The van der Waals surface area contributed by atoms with Gasteiger partial charge in [0.1, 0.15) is 6.04 Å². The van der Waals surface area contributed by atoms with Crippen molar-refractivity contribution in [3.05, 3.63) is 39.9 Å². The number of ketones is 1. The molecule has 18 heavy (non-hydrogen) atoms. The van der Waals surface area contributed by atoms with E-state index in [4.69, 9.17) is 5.11 Å². The smallest absolute Gasteiger partial charge is 0.269 e. The third-order valence-corrected chi connectivity index (χ3v) is 2.24. The number of hydrogen-bond acceptors (Lipinski definition) is 5. The second-order valence-electron chi connectivity index (χ2n) is 3.60. The SMILES string of the molecule is CC(=O)NC(CO)C(=O)c1ccc([N+](=O)[O-])cc1. The quantitative estimate of drug-likeness (QED) is 0.444. The summed E-state index contributed by atoms with van der Waals surface area (Å²) in [6.45, 7) is 0.696. The van der Waals surface area contributed by atoms with E-state index in [-0.39, 0.29) is 11.3 Å². The Kier molecular flexibility index (Phi) is 4.50. The molecule has 1 amide bonds. The zero-order valence-corrected chi connectivity index (χ0v) is 9.62. The molecule has 1 aromatic carbocycles. The molecule has 0 radical (unpaired) electrons. The predicted octanol–water partition coefficient (Wildman–Crippen LogP) is 0.274. The van der Waals surface area contributed by atoms with Gasteiger partial charge in [0.05, 0.1) is 11.5 Å². The van der Waals surface area contributed by atoms with Crippen LogP contribution in [-0.4, -0.2) is 34.4 Å². The fourth-order valence-electron chi connectivity index (χ4n) is 1.39. The van der Waals surface area contributed by atoms with E-state index >= 15 is 0 Å². The molecule has 1 atom stereocenters. The van der Waals surface area contributed by atoms with E-state index in [1.54, 1.807) is 0 Å². The highest BCUT2D eigenvalue weighted by Gasteiger charge is 2.20. The second-order valence-corrected chi connectivity index (χ2v) is 3.60. The van der Waals surface area contributed by atoms with Crippen LogP contribution in [0.3, 0.4) is 0 Å². The van der Waals surface area contributed by atoms with Gasteiger partial charge < -0.3 is 10.4 Å². The van der Waals surface area contributed by atoms with Crippen LogP contribution in [0.15, 0.2) is 24.3 Å². The Labute approximate surface area is 103 Å². The molecule has 0 saturated carbocycles. The fourth-order valence-corrected chi connectivity index (χ4v) is 1.39. The number of hydrogen-bond donors (Lipinski definition) is 2. The summed E-state index contributed by atoms with van der Waals surface area (Å²) in [6, 6.07) is 3.91. The van der Waals surface area contributed by atoms with Crippen LogP contribution < -0.4 is 5.32 Å². The Bertz CT molecular complexity index is 469. The Hall–Kier alpha value is -2.28. The molecule has 0 aromatic heterocycles. The first-order valence-corrected chi connectivity index (χ1v) is 5.12. The lowest BCUT2D eigenvalue weighted by molar-refractivity contribution is -0.384. The molecule has 7 heteroatoms. The van der Waals surface area contributed by atoms with Crippen LogP contribution in [-0.2, 0) is 4.79 Å². The number of benzene rings is 1. The van der Waals surface area contributed by atoms with E-state index in [1.807, 2.05) is 0 Å². The van der Waals surface area contributed by atoms with Crippen molar-refractivity contribution < 1.29 is 19.6 Å². The van der Waals surface area contributed by atoms with Crippen LogP contribution in [0, 0.1) is 10.1 Å². The molecule has 0 fully saturated rings. The maximum absolute atomic E-state index is 11.8. The van der Waals surface area contributed by atoms with Gasteiger partial charge in [0.25, 0.3) is 5.69 Å². The van der Waals surface area contributed by atoms with Gasteiger partial charge in [-0.1, -0.05) is 0 Å². The van der Waals surface area contributed by atoms with Crippen LogP contribution in [0.5, 0.6) is 0 Å². The maximum atomic E-state index is 11.8. The van der Waals surface area contributed by atoms with Crippen LogP contribution in [0.1, 0.15) is 17.3 Å². The number of Topliss-reactive ketones (excluding diaryl/α,β-unsaturated/α-hetero) is 1. The summed E-state index contributed by atoms with van der Waals surface area (Å²) in [5.41, 5.74) is 0.0556. The zero-order chi connectivity index (χ0) is 13.7. The van der Waals surface area contributed by atoms with E-state index < -0.39 is 29.3 Å². The first-order valence-electron chi connectivity index (χ1n) is 5.12. The van der Waals surface area contributed by atoms with E-state index in [0.717, 1.165) is 0 Å². The van der Waals surface area contributed by atoms with Crippen LogP contribution >= 0.6 is 0 Å². The van der Waals surface area contributed by atoms with Gasteiger partial charge >= 0.3 is 0 Å². The molecule has 7 nitrogen and oxygen atoms in total. The number of nitro benzene ring substituents is 1. The minimum atomic E-state index is -1.04. The van der Waals surface area contributed by atoms with Crippen LogP contribution in [0.2, 0.25) is 0 Å². The number of nitrogens with one attached hydrogen (secondary N) is 1. The topological polar surface area (TPSA) is 110 Å². The Morgan fingerprint density at radius 2 is 1.94 bits per heavy atom. The monoisotopic (exact) mass is 252 g/mol. The lowest BCUT2D eigenvalue weighted by atomic mass is 10.0. The summed E-state index contributed by atoms with van der Waals surface area (Å²) < 4.78 is 0. The molecule has 0 aliphatic heterocycles. The third-order valence-electron chi connectivity index (χ3n) is 2.24. The van der Waals surface area contributed by atoms with Crippen LogP contribution in [0.4, 0.5) is 5.69 Å². The van der Waals surface area contributed by atoms with Gasteiger partial charge in [-0.2, -0.15) is 0 Å². The number of non-ortho nitro benzene ring substituents is 1. The van der Waals surface area contributed by atoms with Crippen molar-refractivity contribution in [1.82, 2.24) is 5.32 Å².